The smallest absolute Gasteiger partial charge is 0.416 e. The lowest BCUT2D eigenvalue weighted by atomic mass is 10.0. The third-order valence-corrected chi connectivity index (χ3v) is 7.38. The minimum absolute atomic E-state index is 0.0532. The molecule has 234 valence electrons. The van der Waals surface area contributed by atoms with Gasteiger partial charge in [-0.25, -0.2) is 4.79 Å². The van der Waals surface area contributed by atoms with E-state index in [0.717, 1.165) is 12.1 Å². The predicted octanol–water partition coefficient (Wildman–Crippen LogP) is 4.67. The monoisotopic (exact) mass is 613 g/mol. The molecule has 0 aliphatic carbocycles. The molecule has 0 fully saturated rings. The van der Waals surface area contributed by atoms with Crippen LogP contribution in [0.2, 0.25) is 0 Å². The fourth-order valence-corrected chi connectivity index (χ4v) is 4.75. The Morgan fingerprint density at radius 1 is 1.09 bits per heavy atom. The number of ether oxygens (including phenoxy) is 1. The lowest BCUT2D eigenvalue weighted by Gasteiger charge is -2.34. The Hall–Kier alpha value is -4.65. The van der Waals surface area contributed by atoms with Gasteiger partial charge in [-0.15, -0.1) is 0 Å². The van der Waals surface area contributed by atoms with Crippen molar-refractivity contribution in [3.05, 3.63) is 83.7 Å². The molecule has 13 heteroatoms. The van der Waals surface area contributed by atoms with Crippen LogP contribution in [-0.2, 0) is 17.4 Å². The molecule has 1 aromatic heterocycles. The van der Waals surface area contributed by atoms with E-state index in [1.54, 1.807) is 42.2 Å². The molecule has 4 rings (SSSR count). The van der Waals surface area contributed by atoms with Crippen LogP contribution in [0.25, 0.3) is 0 Å². The van der Waals surface area contributed by atoms with E-state index in [-0.39, 0.29) is 49.5 Å². The molecule has 0 radical (unpaired) electrons. The van der Waals surface area contributed by atoms with E-state index < -0.39 is 29.9 Å². The molecule has 3 atom stereocenters. The first-order chi connectivity index (χ1) is 20.8. The summed E-state index contributed by atoms with van der Waals surface area (Å²) in [5.41, 5.74) is 0.727. The van der Waals surface area contributed by atoms with Gasteiger partial charge in [0.25, 0.3) is 5.91 Å². The normalized spacial score (nSPS) is 17.7. The Kier molecular flexibility index (Phi) is 10.1. The Bertz CT molecular complexity index is 1470. The number of hydrogen-bond donors (Lipinski definition) is 3. The summed E-state index contributed by atoms with van der Waals surface area (Å²) in [6.45, 7) is 3.65. The SMILES string of the molecule is C[C@H]1CN([C@@H](C)CO)C(=O)Cc2cc(NC(=O)c3ccncc3)ccc2O[C@H]1CN(C)C(=O)Nc1ccc(C(F)(F)F)cc1. The summed E-state index contributed by atoms with van der Waals surface area (Å²) < 4.78 is 45.1. The molecular formula is C31H34F3N5O5. The maximum Gasteiger partial charge on any atom is 0.416 e. The average molecular weight is 614 g/mol. The van der Waals surface area contributed by atoms with Crippen LogP contribution in [0.5, 0.6) is 5.75 Å². The maximum atomic E-state index is 13.4. The third-order valence-electron chi connectivity index (χ3n) is 7.38. The second-order valence-electron chi connectivity index (χ2n) is 10.8. The van der Waals surface area contributed by atoms with Gasteiger partial charge < -0.3 is 30.3 Å². The van der Waals surface area contributed by atoms with E-state index >= 15 is 0 Å². The van der Waals surface area contributed by atoms with E-state index in [9.17, 15) is 32.7 Å². The molecule has 1 aliphatic rings. The fraction of sp³-hybridized carbons (Fsp3) is 0.355. The van der Waals surface area contributed by atoms with Crippen LogP contribution < -0.4 is 15.4 Å². The van der Waals surface area contributed by atoms with Crippen LogP contribution in [0, 0.1) is 5.92 Å². The minimum atomic E-state index is -4.49. The molecule has 3 aromatic rings. The van der Waals surface area contributed by atoms with Gasteiger partial charge in [0.2, 0.25) is 5.91 Å². The first-order valence-corrected chi connectivity index (χ1v) is 14.0. The minimum Gasteiger partial charge on any atom is -0.488 e. The van der Waals surface area contributed by atoms with E-state index in [1.807, 2.05) is 6.92 Å². The van der Waals surface area contributed by atoms with E-state index in [2.05, 4.69) is 15.6 Å². The molecule has 10 nitrogen and oxygen atoms in total. The van der Waals surface area contributed by atoms with Crippen molar-refractivity contribution in [2.24, 2.45) is 5.92 Å². The molecule has 0 saturated carbocycles. The quantitative estimate of drug-likeness (QED) is 0.356. The van der Waals surface area contributed by atoms with Gasteiger partial charge in [-0.2, -0.15) is 13.2 Å². The summed E-state index contributed by atoms with van der Waals surface area (Å²) >= 11 is 0. The first kappa shape index (κ1) is 32.3. The number of benzene rings is 2. The van der Waals surface area contributed by atoms with Gasteiger partial charge in [0.15, 0.2) is 0 Å². The average Bonchev–Trinajstić information content (AvgIpc) is 3.04. The molecule has 0 spiro atoms. The van der Waals surface area contributed by atoms with E-state index in [4.69, 9.17) is 4.74 Å². The lowest BCUT2D eigenvalue weighted by Crippen LogP contribution is -2.48. The number of urea groups is 1. The number of fused-ring (bicyclic) bond motifs is 1. The number of nitrogens with zero attached hydrogens (tertiary/aromatic N) is 3. The topological polar surface area (TPSA) is 124 Å². The van der Waals surface area contributed by atoms with Gasteiger partial charge in [0.05, 0.1) is 31.2 Å². The maximum absolute atomic E-state index is 13.4. The highest BCUT2D eigenvalue weighted by Gasteiger charge is 2.32. The number of nitrogens with one attached hydrogen (secondary N) is 2. The van der Waals surface area contributed by atoms with Crippen LogP contribution in [0.1, 0.15) is 35.3 Å². The first-order valence-electron chi connectivity index (χ1n) is 14.0. The zero-order valence-electron chi connectivity index (χ0n) is 24.5. The summed E-state index contributed by atoms with van der Waals surface area (Å²) in [6.07, 6.45) is -2.15. The number of aromatic nitrogens is 1. The molecule has 2 heterocycles. The number of aliphatic hydroxyl groups excluding tert-OH is 1. The largest absolute Gasteiger partial charge is 0.488 e. The van der Waals surface area contributed by atoms with Gasteiger partial charge in [-0.05, 0) is 61.5 Å². The van der Waals surface area contributed by atoms with Crippen LogP contribution in [0.3, 0.4) is 0 Å². The number of likely N-dealkylation sites (N-methyl/N-ethyl adjacent to an activating group) is 1. The Morgan fingerprint density at radius 2 is 1.75 bits per heavy atom. The second-order valence-corrected chi connectivity index (χ2v) is 10.8. The van der Waals surface area contributed by atoms with Gasteiger partial charge >= 0.3 is 12.2 Å². The van der Waals surface area contributed by atoms with Crippen molar-refractivity contribution in [3.8, 4) is 5.75 Å². The molecular weight excluding hydrogens is 579 g/mol. The van der Waals surface area contributed by atoms with Crippen LogP contribution in [0.15, 0.2) is 67.0 Å². The highest BCUT2D eigenvalue weighted by molar-refractivity contribution is 6.04. The Labute approximate surface area is 252 Å². The number of rotatable bonds is 7. The highest BCUT2D eigenvalue weighted by Crippen LogP contribution is 2.31. The number of anilines is 2. The molecule has 1 aliphatic heterocycles. The molecule has 2 aromatic carbocycles. The van der Waals surface area contributed by atoms with Crippen molar-refractivity contribution >= 4 is 29.2 Å². The molecule has 4 amide bonds. The molecule has 0 bridgehead atoms. The number of aliphatic hydroxyl groups is 1. The predicted molar refractivity (Wildman–Crippen MR) is 157 cm³/mol. The van der Waals surface area contributed by atoms with Crippen LogP contribution in [0.4, 0.5) is 29.3 Å². The summed E-state index contributed by atoms with van der Waals surface area (Å²) in [5.74, 6) is -0.501. The van der Waals surface area contributed by atoms with Gasteiger partial charge in [0, 0.05) is 54.4 Å². The lowest BCUT2D eigenvalue weighted by molar-refractivity contribution is -0.137. The number of amides is 4. The number of carbonyl (C=O) groups excluding carboxylic acids is 3. The fourth-order valence-electron chi connectivity index (χ4n) is 4.75. The van der Waals surface area contributed by atoms with Crippen molar-refractivity contribution in [1.29, 1.82) is 0 Å². The van der Waals surface area contributed by atoms with Gasteiger partial charge in [-0.1, -0.05) is 6.92 Å². The summed E-state index contributed by atoms with van der Waals surface area (Å²) in [7, 11) is 1.53. The van der Waals surface area contributed by atoms with Crippen molar-refractivity contribution in [1.82, 2.24) is 14.8 Å². The van der Waals surface area contributed by atoms with Crippen LogP contribution in [-0.4, -0.2) is 76.6 Å². The van der Waals surface area contributed by atoms with Gasteiger partial charge in [-0.3, -0.25) is 14.6 Å². The molecule has 44 heavy (non-hydrogen) atoms. The Balaban J connectivity index is 1.55. The Morgan fingerprint density at radius 3 is 2.39 bits per heavy atom. The second kappa shape index (κ2) is 13.8. The zero-order chi connectivity index (χ0) is 32.0. The number of carbonyl (C=O) groups is 3. The van der Waals surface area contributed by atoms with Crippen molar-refractivity contribution < 1.29 is 37.4 Å². The van der Waals surface area contributed by atoms with E-state index in [0.29, 0.717) is 22.6 Å². The summed E-state index contributed by atoms with van der Waals surface area (Å²) in [6, 6.07) is 11.2. The summed E-state index contributed by atoms with van der Waals surface area (Å²) in [4.78, 5) is 45.9. The zero-order valence-corrected chi connectivity index (χ0v) is 24.5. The molecule has 3 N–H and O–H groups in total. The van der Waals surface area contributed by atoms with Crippen molar-refractivity contribution in [2.75, 3.05) is 37.4 Å². The van der Waals surface area contributed by atoms with Crippen molar-refractivity contribution in [2.45, 2.75) is 38.6 Å². The van der Waals surface area contributed by atoms with Gasteiger partial charge in [0.1, 0.15) is 11.9 Å². The number of halogens is 3. The van der Waals surface area contributed by atoms with E-state index in [1.165, 1.54) is 36.5 Å². The highest BCUT2D eigenvalue weighted by atomic mass is 19.4. The standard InChI is InChI=1S/C31H34F3N5O5/c1-19-16-39(20(2)18-40)28(41)15-22-14-25(36-29(42)21-10-12-35-13-11-21)8-9-26(22)44-27(19)17-38(3)30(43)37-24-6-4-23(5-7-24)31(32,33)34/h4-14,19-20,27,40H,15-18H2,1-3H3,(H,36,42)(H,37,43)/t19-,20-,27-/m0/s1. The van der Waals surface area contributed by atoms with Crippen molar-refractivity contribution in [3.63, 3.8) is 0 Å². The number of alkyl halides is 3. The number of pyridine rings is 1. The summed E-state index contributed by atoms with van der Waals surface area (Å²) in [5, 5.41) is 15.3. The molecule has 0 unspecified atom stereocenters. The molecule has 0 saturated heterocycles. The number of hydrogen-bond acceptors (Lipinski definition) is 6. The van der Waals surface area contributed by atoms with Crippen LogP contribution >= 0.6 is 0 Å². The third kappa shape index (κ3) is 8.04.